The van der Waals surface area contributed by atoms with Gasteiger partial charge >= 0.3 is 5.97 Å². The largest absolute Gasteiger partial charge is 0.377 e. The molecule has 0 atom stereocenters. The second kappa shape index (κ2) is 4.74. The Morgan fingerprint density at radius 3 is 2.14 bits per heavy atom. The first-order valence-corrected chi connectivity index (χ1v) is 4.88. The van der Waals surface area contributed by atoms with E-state index in [0.717, 1.165) is 12.8 Å². The molecule has 0 aliphatic rings. The first-order valence-electron chi connectivity index (χ1n) is 4.88. The van der Waals surface area contributed by atoms with Gasteiger partial charge in [-0.2, -0.15) is 4.84 Å². The maximum atomic E-state index is 10.8. The van der Waals surface area contributed by atoms with E-state index in [1.54, 1.807) is 0 Å². The molecule has 1 aromatic rings. The van der Waals surface area contributed by atoms with E-state index in [4.69, 9.17) is 4.84 Å². The van der Waals surface area contributed by atoms with Gasteiger partial charge in [0, 0.05) is 22.8 Å². The number of carbonyl (C=O) groups is 1. The molecule has 0 saturated carbocycles. The van der Waals surface area contributed by atoms with E-state index < -0.39 is 0 Å². The number of nitrogens with zero attached hydrogens (tertiary/aromatic N) is 1. The van der Waals surface area contributed by atoms with Crippen LogP contribution in [0.15, 0.2) is 18.5 Å². The van der Waals surface area contributed by atoms with Gasteiger partial charge in [0.1, 0.15) is 0 Å². The summed E-state index contributed by atoms with van der Waals surface area (Å²) >= 11 is 0. The third kappa shape index (κ3) is 2.83. The summed E-state index contributed by atoms with van der Waals surface area (Å²) in [7, 11) is 0. The summed E-state index contributed by atoms with van der Waals surface area (Å²) in [4.78, 5) is 15.7. The molecule has 0 aliphatic heterocycles. The third-order valence-electron chi connectivity index (χ3n) is 2.01. The van der Waals surface area contributed by atoms with Crippen LogP contribution in [0.25, 0.3) is 0 Å². The van der Waals surface area contributed by atoms with Crippen LogP contribution in [0.5, 0.6) is 0 Å². The molecule has 0 fully saturated rings. The van der Waals surface area contributed by atoms with Crippen molar-refractivity contribution >= 4 is 5.97 Å². The van der Waals surface area contributed by atoms with Crippen molar-refractivity contribution < 1.29 is 14.4 Å². The van der Waals surface area contributed by atoms with Gasteiger partial charge in [-0.15, -0.1) is 0 Å². The monoisotopic (exact) mass is 194 g/mol. The van der Waals surface area contributed by atoms with Crippen molar-refractivity contribution in [3.8, 4) is 0 Å². The van der Waals surface area contributed by atoms with Crippen LogP contribution < -0.4 is 9.57 Å². The Balaban J connectivity index is 2.98. The molecule has 0 aromatic carbocycles. The number of carbonyl (C=O) groups excluding carboxylic acids is 1. The fourth-order valence-electron chi connectivity index (χ4n) is 1.26. The SMILES string of the molecule is CCc1cc(CC)c[n+](OC(C)=O)c1. The third-order valence-corrected chi connectivity index (χ3v) is 2.01. The summed E-state index contributed by atoms with van der Waals surface area (Å²) in [5, 5.41) is 0. The van der Waals surface area contributed by atoms with Crippen LogP contribution in [-0.4, -0.2) is 5.97 Å². The fraction of sp³-hybridized carbons (Fsp3) is 0.455. The average molecular weight is 194 g/mol. The van der Waals surface area contributed by atoms with Crippen LogP contribution in [-0.2, 0) is 17.6 Å². The summed E-state index contributed by atoms with van der Waals surface area (Å²) in [6.07, 6.45) is 5.55. The fourth-order valence-corrected chi connectivity index (χ4v) is 1.26. The molecule has 1 rings (SSSR count). The summed E-state index contributed by atoms with van der Waals surface area (Å²) in [5.74, 6) is -0.301. The zero-order valence-corrected chi connectivity index (χ0v) is 8.91. The molecule has 0 aliphatic carbocycles. The van der Waals surface area contributed by atoms with Crippen molar-refractivity contribution in [2.45, 2.75) is 33.6 Å². The molecule has 3 nitrogen and oxygen atoms in total. The number of aryl methyl sites for hydroxylation is 2. The van der Waals surface area contributed by atoms with E-state index in [9.17, 15) is 4.79 Å². The Morgan fingerprint density at radius 1 is 1.29 bits per heavy atom. The molecule has 0 N–H and O–H groups in total. The molecule has 14 heavy (non-hydrogen) atoms. The van der Waals surface area contributed by atoms with Crippen LogP contribution >= 0.6 is 0 Å². The van der Waals surface area contributed by atoms with Crippen molar-refractivity contribution in [1.29, 1.82) is 0 Å². The maximum Gasteiger partial charge on any atom is 0.377 e. The lowest BCUT2D eigenvalue weighted by molar-refractivity contribution is -0.869. The van der Waals surface area contributed by atoms with E-state index >= 15 is 0 Å². The highest BCUT2D eigenvalue weighted by Crippen LogP contribution is 2.02. The van der Waals surface area contributed by atoms with E-state index in [1.165, 1.54) is 22.8 Å². The minimum Gasteiger partial charge on any atom is -0.245 e. The molecule has 0 radical (unpaired) electrons. The Kier molecular flexibility index (Phi) is 3.63. The normalized spacial score (nSPS) is 9.93. The predicted octanol–water partition coefficient (Wildman–Crippen LogP) is 1.07. The molecular weight excluding hydrogens is 178 g/mol. The topological polar surface area (TPSA) is 30.2 Å². The summed E-state index contributed by atoms with van der Waals surface area (Å²) in [6, 6.07) is 2.12. The van der Waals surface area contributed by atoms with E-state index in [-0.39, 0.29) is 5.97 Å². The predicted molar refractivity (Wildman–Crippen MR) is 52.7 cm³/mol. The Bertz CT molecular complexity index is 312. The average Bonchev–Trinajstić information content (AvgIpc) is 2.16. The lowest BCUT2D eigenvalue weighted by Gasteiger charge is -1.99. The van der Waals surface area contributed by atoms with Crippen LogP contribution in [0.4, 0.5) is 0 Å². The van der Waals surface area contributed by atoms with Crippen molar-refractivity contribution in [3.05, 3.63) is 29.6 Å². The van der Waals surface area contributed by atoms with Gasteiger partial charge < -0.3 is 0 Å². The van der Waals surface area contributed by atoms with Gasteiger partial charge in [0.25, 0.3) is 0 Å². The lowest BCUT2D eigenvalue weighted by Crippen LogP contribution is -2.45. The van der Waals surface area contributed by atoms with E-state index in [1.807, 2.05) is 12.4 Å². The number of rotatable bonds is 3. The van der Waals surface area contributed by atoms with E-state index in [2.05, 4.69) is 19.9 Å². The van der Waals surface area contributed by atoms with Gasteiger partial charge in [0.2, 0.25) is 12.4 Å². The molecule has 0 unspecified atom stereocenters. The van der Waals surface area contributed by atoms with Gasteiger partial charge in [0.05, 0.1) is 0 Å². The lowest BCUT2D eigenvalue weighted by atomic mass is 10.1. The number of pyridine rings is 1. The van der Waals surface area contributed by atoms with Crippen molar-refractivity contribution in [3.63, 3.8) is 0 Å². The molecular formula is C11H16NO2+. The summed E-state index contributed by atoms with van der Waals surface area (Å²) < 4.78 is 1.49. The van der Waals surface area contributed by atoms with Crippen molar-refractivity contribution in [1.82, 2.24) is 0 Å². The van der Waals surface area contributed by atoms with Crippen molar-refractivity contribution in [2.24, 2.45) is 0 Å². The highest BCUT2D eigenvalue weighted by molar-refractivity contribution is 5.65. The molecule has 76 valence electrons. The molecule has 0 spiro atoms. The van der Waals surface area contributed by atoms with Gasteiger partial charge in [-0.1, -0.05) is 13.8 Å². The standard InChI is InChI=1S/C11H16NO2/c1-4-10-6-11(5-2)8-12(7-10)14-9(3)13/h6-8H,4-5H2,1-3H3/q+1. The van der Waals surface area contributed by atoms with Gasteiger partial charge in [0.15, 0.2) is 0 Å². The smallest absolute Gasteiger partial charge is 0.245 e. The molecule has 1 heterocycles. The van der Waals surface area contributed by atoms with Crippen LogP contribution in [0.2, 0.25) is 0 Å². The van der Waals surface area contributed by atoms with Crippen LogP contribution in [0, 0.1) is 0 Å². The quantitative estimate of drug-likeness (QED) is 0.674. The molecule has 1 aromatic heterocycles. The molecule has 0 bridgehead atoms. The number of hydrogen-bond acceptors (Lipinski definition) is 2. The summed E-state index contributed by atoms with van der Waals surface area (Å²) in [6.45, 7) is 5.55. The molecule has 0 saturated heterocycles. The maximum absolute atomic E-state index is 10.8. The van der Waals surface area contributed by atoms with Gasteiger partial charge in [-0.25, -0.2) is 4.79 Å². The second-order valence-corrected chi connectivity index (χ2v) is 3.20. The minimum absolute atomic E-state index is 0.301. The van der Waals surface area contributed by atoms with Crippen molar-refractivity contribution in [2.75, 3.05) is 0 Å². The minimum atomic E-state index is -0.301. The van der Waals surface area contributed by atoms with E-state index in [0.29, 0.717) is 0 Å². The second-order valence-electron chi connectivity index (χ2n) is 3.20. The van der Waals surface area contributed by atoms with Gasteiger partial charge in [-0.05, 0) is 18.9 Å². The van der Waals surface area contributed by atoms with Gasteiger partial charge in [-0.3, -0.25) is 0 Å². The first kappa shape index (κ1) is 10.7. The zero-order valence-electron chi connectivity index (χ0n) is 8.91. The zero-order chi connectivity index (χ0) is 10.6. The number of hydrogen-bond donors (Lipinski definition) is 0. The highest BCUT2D eigenvalue weighted by atomic mass is 16.7. The number of aromatic nitrogens is 1. The Labute approximate surface area is 84.3 Å². The first-order chi connectivity index (χ1) is 6.65. The highest BCUT2D eigenvalue weighted by Gasteiger charge is 2.09. The van der Waals surface area contributed by atoms with Crippen LogP contribution in [0.3, 0.4) is 0 Å². The Hall–Kier alpha value is -1.38. The molecule has 0 amide bonds. The Morgan fingerprint density at radius 2 is 1.79 bits per heavy atom. The molecule has 3 heteroatoms. The summed E-state index contributed by atoms with van der Waals surface area (Å²) in [5.41, 5.74) is 2.34. The van der Waals surface area contributed by atoms with Crippen LogP contribution in [0.1, 0.15) is 31.9 Å².